The van der Waals surface area contributed by atoms with Gasteiger partial charge in [-0.25, -0.2) is 0 Å². The third kappa shape index (κ3) is 3.55. The highest BCUT2D eigenvalue weighted by atomic mass is 32.2. The van der Waals surface area contributed by atoms with E-state index in [4.69, 9.17) is 0 Å². The molecule has 21 heavy (non-hydrogen) atoms. The number of nitrogens with one attached hydrogen (secondary N) is 1. The second-order valence-corrected chi connectivity index (χ2v) is 4.81. The summed E-state index contributed by atoms with van der Waals surface area (Å²) in [7, 11) is 0. The fourth-order valence-electron chi connectivity index (χ4n) is 1.70. The Morgan fingerprint density at radius 3 is 2.71 bits per heavy atom. The molecule has 7 heteroatoms. The van der Waals surface area contributed by atoms with Crippen LogP contribution in [0.2, 0.25) is 0 Å². The minimum absolute atomic E-state index is 0.0674. The van der Waals surface area contributed by atoms with Crippen molar-refractivity contribution in [2.75, 3.05) is 11.6 Å². The van der Waals surface area contributed by atoms with Crippen LogP contribution in [-0.4, -0.2) is 17.1 Å². The predicted octanol–water partition coefficient (Wildman–Crippen LogP) is 3.87. The van der Waals surface area contributed by atoms with Gasteiger partial charge in [-0.3, -0.25) is 9.78 Å². The molecule has 0 aliphatic rings. The predicted molar refractivity (Wildman–Crippen MR) is 74.3 cm³/mol. The van der Waals surface area contributed by atoms with Crippen molar-refractivity contribution in [1.29, 1.82) is 0 Å². The van der Waals surface area contributed by atoms with Gasteiger partial charge < -0.3 is 5.32 Å². The van der Waals surface area contributed by atoms with E-state index in [-0.39, 0.29) is 16.1 Å². The number of alkyl halides is 3. The Morgan fingerprint density at radius 2 is 2.14 bits per heavy atom. The molecule has 0 bridgehead atoms. The summed E-state index contributed by atoms with van der Waals surface area (Å²) in [6.45, 7) is 0. The second-order valence-electron chi connectivity index (χ2n) is 3.99. The number of carbonyl (C=O) groups is 1. The molecule has 0 spiro atoms. The maximum atomic E-state index is 12.9. The molecular formula is C14H10F3N2OS. The van der Waals surface area contributed by atoms with Crippen molar-refractivity contribution in [2.45, 2.75) is 11.1 Å². The van der Waals surface area contributed by atoms with Crippen molar-refractivity contribution < 1.29 is 18.0 Å². The molecule has 1 heterocycles. The fourth-order valence-corrected chi connectivity index (χ4v) is 2.41. The van der Waals surface area contributed by atoms with Crippen molar-refractivity contribution in [3.8, 4) is 0 Å². The zero-order chi connectivity index (χ0) is 15.5. The Labute approximate surface area is 123 Å². The summed E-state index contributed by atoms with van der Waals surface area (Å²) in [6, 6.07) is 7.80. The molecule has 2 aromatic rings. The van der Waals surface area contributed by atoms with Crippen LogP contribution < -0.4 is 5.32 Å². The minimum Gasteiger partial charge on any atom is -0.321 e. The van der Waals surface area contributed by atoms with Crippen LogP contribution in [0.15, 0.2) is 41.6 Å². The standard InChI is InChI=1S/C14H10F3N2OS/c1-21-12-10(14(15,16)17)5-2-6-11(12)19-13(20)9-4-3-7-18-8-9/h2-4,6-8H,1H3,(H,19,20). The Bertz CT molecular complexity index is 644. The lowest BCUT2D eigenvalue weighted by atomic mass is 10.2. The Balaban J connectivity index is 2.35. The third-order valence-corrected chi connectivity index (χ3v) is 3.44. The maximum Gasteiger partial charge on any atom is 0.418 e. The summed E-state index contributed by atoms with van der Waals surface area (Å²) in [4.78, 5) is 15.7. The first-order chi connectivity index (χ1) is 9.93. The normalized spacial score (nSPS) is 11.2. The molecule has 0 saturated heterocycles. The van der Waals surface area contributed by atoms with Gasteiger partial charge in [-0.05, 0) is 30.5 Å². The van der Waals surface area contributed by atoms with E-state index in [1.807, 2.05) is 0 Å². The lowest BCUT2D eigenvalue weighted by Gasteiger charge is -2.15. The summed E-state index contributed by atoms with van der Waals surface area (Å²) < 4.78 is 38.7. The minimum atomic E-state index is -4.52. The molecular weight excluding hydrogens is 301 g/mol. The maximum absolute atomic E-state index is 12.9. The lowest BCUT2D eigenvalue weighted by molar-refractivity contribution is -0.139. The molecule has 0 fully saturated rings. The van der Waals surface area contributed by atoms with Crippen molar-refractivity contribution in [3.63, 3.8) is 0 Å². The van der Waals surface area contributed by atoms with Crippen LogP contribution in [0.4, 0.5) is 18.9 Å². The first-order valence-corrected chi connectivity index (χ1v) is 7.03. The van der Waals surface area contributed by atoms with Crippen LogP contribution in [0.5, 0.6) is 0 Å². The molecule has 1 aromatic heterocycles. The van der Waals surface area contributed by atoms with Gasteiger partial charge in [0.15, 0.2) is 0 Å². The van der Waals surface area contributed by atoms with Crippen molar-refractivity contribution in [1.82, 2.24) is 4.98 Å². The molecule has 1 amide bonds. The zero-order valence-electron chi connectivity index (χ0n) is 10.9. The quantitative estimate of drug-likeness (QED) is 0.875. The second kappa shape index (κ2) is 6.17. The fraction of sp³-hybridized carbons (Fsp3) is 0.143. The number of amides is 1. The van der Waals surface area contributed by atoms with Gasteiger partial charge in [0.25, 0.3) is 5.91 Å². The number of thioether (sulfide) groups is 1. The van der Waals surface area contributed by atoms with E-state index in [2.05, 4.69) is 16.4 Å². The number of pyridine rings is 1. The summed E-state index contributed by atoms with van der Waals surface area (Å²) in [5.41, 5.74) is -0.521. The number of hydrogen-bond acceptors (Lipinski definition) is 3. The van der Waals surface area contributed by atoms with Crippen molar-refractivity contribution in [3.05, 3.63) is 53.9 Å². The van der Waals surface area contributed by atoms with Crippen molar-refractivity contribution >= 4 is 23.4 Å². The average Bonchev–Trinajstić information content (AvgIpc) is 2.47. The van der Waals surface area contributed by atoms with E-state index in [0.717, 1.165) is 17.8 Å². The Hall–Kier alpha value is -2.02. The SMILES string of the molecule is CSc1c(C(F)(F)F)[c]ccc1NC(=O)c1cccnc1. The Morgan fingerprint density at radius 1 is 1.38 bits per heavy atom. The van der Waals surface area contributed by atoms with E-state index >= 15 is 0 Å². The van der Waals surface area contributed by atoms with Gasteiger partial charge in [0, 0.05) is 17.3 Å². The molecule has 0 aliphatic carbocycles. The molecule has 1 N–H and O–H groups in total. The monoisotopic (exact) mass is 311 g/mol. The third-order valence-electron chi connectivity index (χ3n) is 2.61. The highest BCUT2D eigenvalue weighted by Gasteiger charge is 2.34. The van der Waals surface area contributed by atoms with E-state index in [9.17, 15) is 18.0 Å². The van der Waals surface area contributed by atoms with E-state index in [0.29, 0.717) is 0 Å². The summed E-state index contributed by atoms with van der Waals surface area (Å²) in [5, 5.41) is 2.47. The number of anilines is 1. The van der Waals surface area contributed by atoms with Crippen LogP contribution in [0, 0.1) is 6.07 Å². The van der Waals surface area contributed by atoms with Gasteiger partial charge in [0.1, 0.15) is 0 Å². The number of halogens is 3. The van der Waals surface area contributed by atoms with Crippen LogP contribution in [0.1, 0.15) is 15.9 Å². The summed E-state index contributed by atoms with van der Waals surface area (Å²) in [6.07, 6.45) is -0.164. The number of aromatic nitrogens is 1. The van der Waals surface area contributed by atoms with Gasteiger partial charge in [-0.2, -0.15) is 13.2 Å². The molecule has 0 atom stereocenters. The number of carbonyl (C=O) groups excluding carboxylic acids is 1. The number of nitrogens with zero attached hydrogens (tertiary/aromatic N) is 1. The zero-order valence-corrected chi connectivity index (χ0v) is 11.7. The number of hydrogen-bond donors (Lipinski definition) is 1. The first-order valence-electron chi connectivity index (χ1n) is 5.80. The molecule has 0 aliphatic heterocycles. The van der Waals surface area contributed by atoms with Crippen LogP contribution >= 0.6 is 11.8 Å². The molecule has 2 rings (SSSR count). The van der Waals surface area contributed by atoms with E-state index in [1.54, 1.807) is 6.07 Å². The topological polar surface area (TPSA) is 42.0 Å². The van der Waals surface area contributed by atoms with Gasteiger partial charge in [-0.15, -0.1) is 11.8 Å². The van der Waals surface area contributed by atoms with Gasteiger partial charge >= 0.3 is 6.18 Å². The highest BCUT2D eigenvalue weighted by Crippen LogP contribution is 2.39. The Kier molecular flexibility index (Phi) is 4.52. The van der Waals surface area contributed by atoms with E-state index < -0.39 is 17.6 Å². The molecule has 109 valence electrons. The molecule has 0 saturated carbocycles. The van der Waals surface area contributed by atoms with Crippen LogP contribution in [-0.2, 0) is 6.18 Å². The number of benzene rings is 1. The molecule has 1 radical (unpaired) electrons. The van der Waals surface area contributed by atoms with Crippen LogP contribution in [0.25, 0.3) is 0 Å². The molecule has 3 nitrogen and oxygen atoms in total. The summed E-state index contributed by atoms with van der Waals surface area (Å²) in [5.74, 6) is -0.516. The average molecular weight is 311 g/mol. The van der Waals surface area contributed by atoms with E-state index in [1.165, 1.54) is 30.8 Å². The number of rotatable bonds is 3. The lowest BCUT2D eigenvalue weighted by Crippen LogP contribution is -2.15. The van der Waals surface area contributed by atoms with Crippen LogP contribution in [0.3, 0.4) is 0 Å². The summed E-state index contributed by atoms with van der Waals surface area (Å²) >= 11 is 0.904. The molecule has 0 unspecified atom stereocenters. The molecule has 1 aromatic carbocycles. The van der Waals surface area contributed by atoms with Gasteiger partial charge in [-0.1, -0.05) is 6.07 Å². The smallest absolute Gasteiger partial charge is 0.321 e. The van der Waals surface area contributed by atoms with Crippen molar-refractivity contribution in [2.24, 2.45) is 0 Å². The highest BCUT2D eigenvalue weighted by molar-refractivity contribution is 7.98. The first kappa shape index (κ1) is 15.4. The van der Waals surface area contributed by atoms with Gasteiger partial charge in [0.2, 0.25) is 0 Å². The largest absolute Gasteiger partial charge is 0.418 e. The van der Waals surface area contributed by atoms with Gasteiger partial charge in [0.05, 0.1) is 16.8 Å².